The van der Waals surface area contributed by atoms with Crippen molar-refractivity contribution in [1.29, 1.82) is 0 Å². The molecule has 0 aliphatic heterocycles. The molecule has 3 nitrogen and oxygen atoms in total. The molecule has 0 radical (unpaired) electrons. The first-order valence-electron chi connectivity index (χ1n) is 5.66. The summed E-state index contributed by atoms with van der Waals surface area (Å²) in [5.41, 5.74) is 8.95. The van der Waals surface area contributed by atoms with Gasteiger partial charge in [-0.2, -0.15) is 5.10 Å². The molecule has 2 N–H and O–H groups in total. The first-order chi connectivity index (χ1) is 8.13. The molecule has 0 spiro atoms. The van der Waals surface area contributed by atoms with Crippen LogP contribution in [0.5, 0.6) is 0 Å². The molecule has 0 fully saturated rings. The Balaban J connectivity index is 2.40. The maximum atomic E-state index is 13.0. The van der Waals surface area contributed by atoms with E-state index in [9.17, 15) is 4.39 Å². The van der Waals surface area contributed by atoms with E-state index >= 15 is 0 Å². The summed E-state index contributed by atoms with van der Waals surface area (Å²) in [5, 5.41) is 4.19. The van der Waals surface area contributed by atoms with Crippen LogP contribution in [-0.2, 0) is 6.54 Å². The number of halogens is 1. The van der Waals surface area contributed by atoms with Crippen LogP contribution in [0.1, 0.15) is 29.8 Å². The van der Waals surface area contributed by atoms with Gasteiger partial charge in [-0.3, -0.25) is 4.68 Å². The molecular formula is C13H16FN3. The van der Waals surface area contributed by atoms with Crippen molar-refractivity contribution in [3.05, 3.63) is 53.1 Å². The Morgan fingerprint density at radius 3 is 2.82 bits per heavy atom. The van der Waals surface area contributed by atoms with Crippen molar-refractivity contribution in [3.63, 3.8) is 0 Å². The molecule has 2 rings (SSSR count). The van der Waals surface area contributed by atoms with Crippen LogP contribution in [0.2, 0.25) is 0 Å². The molecule has 0 aliphatic rings. The van der Waals surface area contributed by atoms with Crippen molar-refractivity contribution in [2.45, 2.75) is 26.4 Å². The van der Waals surface area contributed by atoms with Crippen molar-refractivity contribution in [1.82, 2.24) is 9.78 Å². The first kappa shape index (κ1) is 11.8. The molecule has 2 aromatic rings. The highest BCUT2D eigenvalue weighted by Gasteiger charge is 2.15. The summed E-state index contributed by atoms with van der Waals surface area (Å²) in [6.07, 6.45) is 1.73. The van der Waals surface area contributed by atoms with E-state index in [4.69, 9.17) is 5.73 Å². The Morgan fingerprint density at radius 2 is 2.18 bits per heavy atom. The summed E-state index contributed by atoms with van der Waals surface area (Å²) in [7, 11) is 0. The number of nitrogens with two attached hydrogens (primary N) is 1. The molecule has 1 aromatic carbocycles. The van der Waals surface area contributed by atoms with Crippen LogP contribution in [-0.4, -0.2) is 9.78 Å². The van der Waals surface area contributed by atoms with Crippen molar-refractivity contribution in [3.8, 4) is 0 Å². The van der Waals surface area contributed by atoms with E-state index in [0.29, 0.717) is 0 Å². The average Bonchev–Trinajstić information content (AvgIpc) is 2.76. The van der Waals surface area contributed by atoms with Crippen LogP contribution in [0.4, 0.5) is 4.39 Å². The predicted octanol–water partition coefficient (Wildman–Crippen LogP) is 2.40. The van der Waals surface area contributed by atoms with E-state index in [2.05, 4.69) is 5.10 Å². The number of benzene rings is 1. The Morgan fingerprint density at radius 1 is 1.41 bits per heavy atom. The molecule has 4 heteroatoms. The smallest absolute Gasteiger partial charge is 0.123 e. The van der Waals surface area contributed by atoms with Crippen LogP contribution < -0.4 is 5.73 Å². The zero-order chi connectivity index (χ0) is 12.4. The lowest BCUT2D eigenvalue weighted by molar-refractivity contribution is 0.597. The number of aryl methyl sites for hydroxylation is 2. The summed E-state index contributed by atoms with van der Waals surface area (Å²) in [6.45, 7) is 4.65. The third-order valence-corrected chi connectivity index (χ3v) is 2.93. The Bertz CT molecular complexity index is 519. The van der Waals surface area contributed by atoms with Gasteiger partial charge < -0.3 is 5.73 Å². The molecule has 1 atom stereocenters. The summed E-state index contributed by atoms with van der Waals surface area (Å²) in [4.78, 5) is 0. The average molecular weight is 233 g/mol. The van der Waals surface area contributed by atoms with Crippen molar-refractivity contribution < 1.29 is 4.39 Å². The monoisotopic (exact) mass is 233 g/mol. The number of hydrogen-bond donors (Lipinski definition) is 1. The fraction of sp³-hybridized carbons (Fsp3) is 0.308. The van der Waals surface area contributed by atoms with E-state index in [1.807, 2.05) is 24.6 Å². The summed E-state index contributed by atoms with van der Waals surface area (Å²) in [5.74, 6) is -0.234. The van der Waals surface area contributed by atoms with Gasteiger partial charge in [-0.15, -0.1) is 0 Å². The second kappa shape index (κ2) is 4.67. The topological polar surface area (TPSA) is 43.8 Å². The maximum Gasteiger partial charge on any atom is 0.123 e. The highest BCUT2D eigenvalue weighted by atomic mass is 19.1. The molecule has 17 heavy (non-hydrogen) atoms. The highest BCUT2D eigenvalue weighted by Crippen LogP contribution is 2.23. The van der Waals surface area contributed by atoms with Gasteiger partial charge in [-0.25, -0.2) is 4.39 Å². The standard InChI is InChI=1S/C13H16FN3/c1-3-17-12(6-7-16-17)13(15)11-5-4-10(14)8-9(11)2/h4-8,13H,3,15H2,1-2H3. The van der Waals surface area contributed by atoms with Gasteiger partial charge in [0, 0.05) is 12.7 Å². The van der Waals surface area contributed by atoms with Crippen molar-refractivity contribution in [2.24, 2.45) is 5.73 Å². The largest absolute Gasteiger partial charge is 0.319 e. The molecule has 1 unspecified atom stereocenters. The van der Waals surface area contributed by atoms with E-state index in [1.54, 1.807) is 12.3 Å². The Hall–Kier alpha value is -1.68. The number of aromatic nitrogens is 2. The van der Waals surface area contributed by atoms with Gasteiger partial charge in [0.1, 0.15) is 5.82 Å². The molecule has 0 aliphatic carbocycles. The second-order valence-electron chi connectivity index (χ2n) is 4.05. The van der Waals surface area contributed by atoms with Crippen molar-refractivity contribution in [2.75, 3.05) is 0 Å². The fourth-order valence-electron chi connectivity index (χ4n) is 2.02. The summed E-state index contributed by atoms with van der Waals surface area (Å²) in [6, 6.07) is 6.31. The van der Waals surface area contributed by atoms with Gasteiger partial charge in [-0.05, 0) is 43.2 Å². The van der Waals surface area contributed by atoms with Crippen LogP contribution >= 0.6 is 0 Å². The molecule has 1 heterocycles. The molecule has 0 saturated carbocycles. The third kappa shape index (κ3) is 2.22. The van der Waals surface area contributed by atoms with Gasteiger partial charge in [0.2, 0.25) is 0 Å². The highest BCUT2D eigenvalue weighted by molar-refractivity contribution is 5.34. The van der Waals surface area contributed by atoms with E-state index < -0.39 is 0 Å². The number of rotatable bonds is 3. The number of hydrogen-bond acceptors (Lipinski definition) is 2. The lowest BCUT2D eigenvalue weighted by atomic mass is 9.99. The SMILES string of the molecule is CCn1nccc1C(N)c1ccc(F)cc1C. The van der Waals surface area contributed by atoms with E-state index in [-0.39, 0.29) is 11.9 Å². The molecule has 0 bridgehead atoms. The maximum absolute atomic E-state index is 13.0. The van der Waals surface area contributed by atoms with Gasteiger partial charge in [0.15, 0.2) is 0 Å². The van der Waals surface area contributed by atoms with Gasteiger partial charge >= 0.3 is 0 Å². The van der Waals surface area contributed by atoms with Crippen LogP contribution in [0.25, 0.3) is 0 Å². The lowest BCUT2D eigenvalue weighted by Crippen LogP contribution is -2.18. The van der Waals surface area contributed by atoms with E-state index in [1.165, 1.54) is 12.1 Å². The number of nitrogens with zero attached hydrogens (tertiary/aromatic N) is 2. The molecule has 1 aromatic heterocycles. The fourth-order valence-corrected chi connectivity index (χ4v) is 2.02. The van der Waals surface area contributed by atoms with Crippen LogP contribution in [0, 0.1) is 12.7 Å². The molecule has 0 amide bonds. The van der Waals surface area contributed by atoms with Crippen LogP contribution in [0.3, 0.4) is 0 Å². The predicted molar refractivity (Wildman–Crippen MR) is 65.1 cm³/mol. The molecular weight excluding hydrogens is 217 g/mol. The minimum atomic E-state index is -0.266. The van der Waals surface area contributed by atoms with Crippen LogP contribution in [0.15, 0.2) is 30.5 Å². The quantitative estimate of drug-likeness (QED) is 0.884. The lowest BCUT2D eigenvalue weighted by Gasteiger charge is -2.16. The zero-order valence-corrected chi connectivity index (χ0v) is 10.0. The zero-order valence-electron chi connectivity index (χ0n) is 10.0. The molecule has 90 valence electrons. The normalized spacial score (nSPS) is 12.7. The Labute approximate surface area is 100 Å². The first-order valence-corrected chi connectivity index (χ1v) is 5.66. The van der Waals surface area contributed by atoms with Gasteiger partial charge in [0.05, 0.1) is 11.7 Å². The molecule has 0 saturated heterocycles. The third-order valence-electron chi connectivity index (χ3n) is 2.93. The second-order valence-corrected chi connectivity index (χ2v) is 4.05. The summed E-state index contributed by atoms with van der Waals surface area (Å²) < 4.78 is 14.9. The Kier molecular flexibility index (Phi) is 3.24. The van der Waals surface area contributed by atoms with Crippen molar-refractivity contribution >= 4 is 0 Å². The minimum Gasteiger partial charge on any atom is -0.319 e. The van der Waals surface area contributed by atoms with E-state index in [0.717, 1.165) is 23.4 Å². The van der Waals surface area contributed by atoms with Gasteiger partial charge in [-0.1, -0.05) is 6.07 Å². The summed E-state index contributed by atoms with van der Waals surface area (Å²) >= 11 is 0. The van der Waals surface area contributed by atoms with Gasteiger partial charge in [0.25, 0.3) is 0 Å². The minimum absolute atomic E-state index is 0.234.